The van der Waals surface area contributed by atoms with Crippen LogP contribution in [0.25, 0.3) is 0 Å². The summed E-state index contributed by atoms with van der Waals surface area (Å²) < 4.78 is 0. The van der Waals surface area contributed by atoms with Gasteiger partial charge in [0.05, 0.1) is 5.41 Å². The average Bonchev–Trinajstić information content (AvgIpc) is 2.43. The van der Waals surface area contributed by atoms with Gasteiger partial charge < -0.3 is 21.7 Å². The lowest BCUT2D eigenvalue weighted by atomic mass is 9.84. The highest BCUT2D eigenvalue weighted by Gasteiger charge is 2.35. The van der Waals surface area contributed by atoms with E-state index in [-0.39, 0.29) is 11.8 Å². The van der Waals surface area contributed by atoms with E-state index in [1.165, 1.54) is 0 Å². The van der Waals surface area contributed by atoms with Crippen molar-refractivity contribution in [1.82, 2.24) is 10.2 Å². The molecule has 1 fully saturated rings. The summed E-state index contributed by atoms with van der Waals surface area (Å²) in [6.45, 7) is 6.26. The van der Waals surface area contributed by atoms with Gasteiger partial charge in [-0.3, -0.25) is 4.79 Å². The summed E-state index contributed by atoms with van der Waals surface area (Å²) in [5, 5.41) is 2.62. The fourth-order valence-corrected chi connectivity index (χ4v) is 2.43. The van der Waals surface area contributed by atoms with Gasteiger partial charge in [0.2, 0.25) is 5.91 Å². The molecule has 1 aliphatic rings. The van der Waals surface area contributed by atoms with E-state index >= 15 is 0 Å². The minimum absolute atomic E-state index is 0.126. The monoisotopic (exact) mass is 270 g/mol. The van der Waals surface area contributed by atoms with Crippen molar-refractivity contribution in [2.45, 2.75) is 33.1 Å². The summed E-state index contributed by atoms with van der Waals surface area (Å²) in [4.78, 5) is 25.1. The lowest BCUT2D eigenvalue weighted by Gasteiger charge is -2.38. The largest absolute Gasteiger partial charge is 0.352 e. The number of nitrogens with zero attached hydrogens (tertiary/aromatic N) is 1. The zero-order valence-corrected chi connectivity index (χ0v) is 11.9. The molecule has 1 heterocycles. The van der Waals surface area contributed by atoms with E-state index in [4.69, 9.17) is 11.5 Å². The predicted molar refractivity (Wildman–Crippen MR) is 74.3 cm³/mol. The third-order valence-electron chi connectivity index (χ3n) is 4.12. The molecule has 0 aromatic rings. The summed E-state index contributed by atoms with van der Waals surface area (Å²) in [6.07, 6.45) is 2.71. The quantitative estimate of drug-likeness (QED) is 0.668. The van der Waals surface area contributed by atoms with Crippen molar-refractivity contribution < 1.29 is 9.59 Å². The maximum atomic E-state index is 12.5. The number of likely N-dealkylation sites (tertiary alicyclic amines) is 1. The van der Waals surface area contributed by atoms with Crippen LogP contribution in [0.3, 0.4) is 0 Å². The van der Waals surface area contributed by atoms with Gasteiger partial charge in [0.15, 0.2) is 0 Å². The first-order chi connectivity index (χ1) is 8.92. The Labute approximate surface area is 114 Å². The van der Waals surface area contributed by atoms with Gasteiger partial charge in [-0.15, -0.1) is 0 Å². The van der Waals surface area contributed by atoms with Crippen LogP contribution in [0, 0.1) is 11.3 Å². The van der Waals surface area contributed by atoms with Crippen LogP contribution in [0.1, 0.15) is 33.1 Å². The van der Waals surface area contributed by atoms with Crippen LogP contribution >= 0.6 is 0 Å². The van der Waals surface area contributed by atoms with Gasteiger partial charge in [0, 0.05) is 26.2 Å². The highest BCUT2D eigenvalue weighted by molar-refractivity contribution is 5.82. The van der Waals surface area contributed by atoms with Gasteiger partial charge in [-0.1, -0.05) is 6.92 Å². The number of rotatable bonds is 5. The van der Waals surface area contributed by atoms with Crippen molar-refractivity contribution >= 4 is 11.9 Å². The molecule has 1 aliphatic heterocycles. The molecule has 1 saturated heterocycles. The molecular weight excluding hydrogens is 244 g/mol. The maximum absolute atomic E-state index is 12.5. The molecule has 0 radical (unpaired) electrons. The van der Waals surface area contributed by atoms with Gasteiger partial charge in [-0.25, -0.2) is 4.79 Å². The summed E-state index contributed by atoms with van der Waals surface area (Å²) in [6, 6.07) is -0.510. The molecule has 0 bridgehead atoms. The molecular formula is C13H26N4O2. The number of nitrogens with two attached hydrogens (primary N) is 2. The van der Waals surface area contributed by atoms with Gasteiger partial charge in [-0.2, -0.15) is 0 Å². The fraction of sp³-hybridized carbons (Fsp3) is 0.846. The van der Waals surface area contributed by atoms with Gasteiger partial charge in [-0.05, 0) is 32.1 Å². The minimum atomic E-state index is -0.510. The molecule has 2 unspecified atom stereocenters. The minimum Gasteiger partial charge on any atom is -0.352 e. The van der Waals surface area contributed by atoms with Crippen molar-refractivity contribution in [3.05, 3.63) is 0 Å². The molecule has 0 aliphatic carbocycles. The van der Waals surface area contributed by atoms with E-state index in [0.29, 0.717) is 19.6 Å². The lowest BCUT2D eigenvalue weighted by molar-refractivity contribution is -0.142. The van der Waals surface area contributed by atoms with Crippen LogP contribution in [-0.4, -0.2) is 43.0 Å². The number of nitrogens with one attached hydrogen (secondary N) is 1. The molecule has 2 atom stereocenters. The number of urea groups is 1. The Morgan fingerprint density at radius 2 is 2.16 bits per heavy atom. The van der Waals surface area contributed by atoms with Gasteiger partial charge >= 0.3 is 6.03 Å². The van der Waals surface area contributed by atoms with Crippen LogP contribution in [0.4, 0.5) is 4.79 Å². The van der Waals surface area contributed by atoms with Crippen LogP contribution in [0.2, 0.25) is 0 Å². The lowest BCUT2D eigenvalue weighted by Crippen LogP contribution is -2.51. The standard InChI is InChI=1S/C13H26N4O2/c1-3-13(2,9-14)11(18)17-6-4-5-10(8-17)7-16-12(15)19/h10H,3-9,14H2,1-2H3,(H3,15,16,19). The second-order valence-electron chi connectivity index (χ2n) is 5.62. The first-order valence-electron chi connectivity index (χ1n) is 6.95. The Balaban J connectivity index is 2.59. The molecule has 110 valence electrons. The number of amides is 3. The highest BCUT2D eigenvalue weighted by atomic mass is 16.2. The van der Waals surface area contributed by atoms with E-state index in [9.17, 15) is 9.59 Å². The molecule has 3 amide bonds. The molecule has 19 heavy (non-hydrogen) atoms. The third kappa shape index (κ3) is 4.09. The van der Waals surface area contributed by atoms with Crippen molar-refractivity contribution in [3.8, 4) is 0 Å². The molecule has 0 aromatic carbocycles. The Morgan fingerprint density at radius 1 is 1.47 bits per heavy atom. The van der Waals surface area contributed by atoms with Gasteiger partial charge in [0.25, 0.3) is 0 Å². The maximum Gasteiger partial charge on any atom is 0.312 e. The third-order valence-corrected chi connectivity index (χ3v) is 4.12. The van der Waals surface area contributed by atoms with Gasteiger partial charge in [0.1, 0.15) is 0 Å². The Bertz CT molecular complexity index is 329. The Kier molecular flexibility index (Phi) is 5.60. The van der Waals surface area contributed by atoms with E-state index in [0.717, 1.165) is 25.8 Å². The average molecular weight is 270 g/mol. The predicted octanol–water partition coefficient (Wildman–Crippen LogP) is 0.268. The van der Waals surface area contributed by atoms with Crippen molar-refractivity contribution in [2.24, 2.45) is 22.8 Å². The molecule has 1 rings (SSSR count). The summed E-state index contributed by atoms with van der Waals surface area (Å²) in [7, 11) is 0. The molecule has 0 saturated carbocycles. The first-order valence-corrected chi connectivity index (χ1v) is 6.95. The number of primary amides is 1. The van der Waals surface area contributed by atoms with Crippen molar-refractivity contribution in [1.29, 1.82) is 0 Å². The van der Waals surface area contributed by atoms with E-state index < -0.39 is 11.4 Å². The summed E-state index contributed by atoms with van der Waals surface area (Å²) in [5.74, 6) is 0.408. The number of carbonyl (C=O) groups is 2. The van der Waals surface area contributed by atoms with E-state index in [2.05, 4.69) is 5.32 Å². The molecule has 5 N–H and O–H groups in total. The fourth-order valence-electron chi connectivity index (χ4n) is 2.43. The second-order valence-corrected chi connectivity index (χ2v) is 5.62. The summed E-state index contributed by atoms with van der Waals surface area (Å²) in [5.41, 5.74) is 10.3. The van der Waals surface area contributed by atoms with E-state index in [1.807, 2.05) is 18.7 Å². The smallest absolute Gasteiger partial charge is 0.312 e. The van der Waals surface area contributed by atoms with Crippen molar-refractivity contribution in [2.75, 3.05) is 26.2 Å². The molecule has 0 aromatic heterocycles. The zero-order chi connectivity index (χ0) is 14.5. The number of piperidine rings is 1. The zero-order valence-electron chi connectivity index (χ0n) is 11.9. The normalized spacial score (nSPS) is 22.7. The number of carbonyl (C=O) groups excluding carboxylic acids is 2. The highest BCUT2D eigenvalue weighted by Crippen LogP contribution is 2.26. The topological polar surface area (TPSA) is 101 Å². The molecule has 6 nitrogen and oxygen atoms in total. The van der Waals surface area contributed by atoms with E-state index in [1.54, 1.807) is 0 Å². The van der Waals surface area contributed by atoms with Crippen molar-refractivity contribution in [3.63, 3.8) is 0 Å². The number of hydrogen-bond acceptors (Lipinski definition) is 3. The number of hydrogen-bond donors (Lipinski definition) is 3. The Morgan fingerprint density at radius 3 is 2.68 bits per heavy atom. The molecule has 6 heteroatoms. The Hall–Kier alpha value is -1.30. The second kappa shape index (κ2) is 6.75. The molecule has 0 spiro atoms. The van der Waals surface area contributed by atoms with Crippen LogP contribution in [0.15, 0.2) is 0 Å². The van der Waals surface area contributed by atoms with Crippen LogP contribution in [0.5, 0.6) is 0 Å². The SMILES string of the molecule is CCC(C)(CN)C(=O)N1CCCC(CNC(N)=O)C1. The first kappa shape index (κ1) is 15.8. The van der Waals surface area contributed by atoms with Crippen LogP contribution in [-0.2, 0) is 4.79 Å². The van der Waals surface area contributed by atoms with Crippen LogP contribution < -0.4 is 16.8 Å². The summed E-state index contributed by atoms with van der Waals surface area (Å²) >= 11 is 0.